The second-order valence-corrected chi connectivity index (χ2v) is 7.73. The average molecular weight is 279 g/mol. The maximum absolute atomic E-state index is 4.34. The first kappa shape index (κ1) is 17.8. The molecule has 0 aromatic rings. The molecule has 0 heteroatoms. The van der Waals surface area contributed by atoms with Crippen LogP contribution < -0.4 is 0 Å². The minimum Gasteiger partial charge on any atom is -0.0999 e. The van der Waals surface area contributed by atoms with Crippen molar-refractivity contribution in [1.29, 1.82) is 0 Å². The minimum atomic E-state index is 0.847. The van der Waals surface area contributed by atoms with Crippen molar-refractivity contribution >= 4 is 0 Å². The highest BCUT2D eigenvalue weighted by Crippen LogP contribution is 2.36. The first-order valence-corrected chi connectivity index (χ1v) is 9.19. The number of rotatable bonds is 9. The topological polar surface area (TPSA) is 0 Å². The van der Waals surface area contributed by atoms with Gasteiger partial charge in [-0.25, -0.2) is 0 Å². The SMILES string of the molecule is C=C(CCC1CCC(C)C(C)C1)CC(C)CCCCC. The van der Waals surface area contributed by atoms with Crippen molar-refractivity contribution in [3.8, 4) is 0 Å². The summed E-state index contributed by atoms with van der Waals surface area (Å²) in [6, 6.07) is 0. The van der Waals surface area contributed by atoms with Crippen LogP contribution in [-0.2, 0) is 0 Å². The Morgan fingerprint density at radius 3 is 2.55 bits per heavy atom. The summed E-state index contributed by atoms with van der Waals surface area (Å²) in [5.41, 5.74) is 1.51. The fourth-order valence-corrected chi connectivity index (χ4v) is 3.77. The Morgan fingerprint density at radius 2 is 1.90 bits per heavy atom. The molecule has 0 aliphatic heterocycles. The molecule has 0 spiro atoms. The van der Waals surface area contributed by atoms with E-state index >= 15 is 0 Å². The third kappa shape index (κ3) is 6.95. The average Bonchev–Trinajstić information content (AvgIpc) is 2.40. The van der Waals surface area contributed by atoms with Crippen molar-refractivity contribution in [2.24, 2.45) is 23.7 Å². The standard InChI is InChI=1S/C20H38/c1-6-7-8-9-16(2)14-17(3)10-12-20-13-11-18(4)19(5)15-20/h16,18-20H,3,6-15H2,1-2,4-5H3. The molecule has 0 radical (unpaired) electrons. The number of hydrogen-bond acceptors (Lipinski definition) is 0. The lowest BCUT2D eigenvalue weighted by Gasteiger charge is -2.32. The summed E-state index contributed by atoms with van der Waals surface area (Å²) in [6.45, 7) is 13.9. The number of unbranched alkanes of at least 4 members (excludes halogenated alkanes) is 2. The third-order valence-electron chi connectivity index (χ3n) is 5.55. The van der Waals surface area contributed by atoms with E-state index in [2.05, 4.69) is 34.3 Å². The molecular formula is C20H38. The fraction of sp³-hybridized carbons (Fsp3) is 0.900. The largest absolute Gasteiger partial charge is 0.0999 e. The van der Waals surface area contributed by atoms with E-state index in [1.165, 1.54) is 69.8 Å². The van der Waals surface area contributed by atoms with E-state index in [1.54, 1.807) is 0 Å². The van der Waals surface area contributed by atoms with E-state index in [0.29, 0.717) is 0 Å². The quantitative estimate of drug-likeness (QED) is 0.314. The molecule has 1 fully saturated rings. The molecule has 0 amide bonds. The van der Waals surface area contributed by atoms with E-state index in [-0.39, 0.29) is 0 Å². The van der Waals surface area contributed by atoms with Gasteiger partial charge in [0.2, 0.25) is 0 Å². The van der Waals surface area contributed by atoms with Gasteiger partial charge in [-0.05, 0) is 49.4 Å². The van der Waals surface area contributed by atoms with E-state index < -0.39 is 0 Å². The second kappa shape index (κ2) is 9.64. The maximum atomic E-state index is 4.34. The van der Waals surface area contributed by atoms with Crippen LogP contribution in [-0.4, -0.2) is 0 Å². The zero-order valence-corrected chi connectivity index (χ0v) is 14.6. The normalized spacial score (nSPS) is 28.3. The van der Waals surface area contributed by atoms with Crippen molar-refractivity contribution in [2.45, 2.75) is 91.9 Å². The summed E-state index contributed by atoms with van der Waals surface area (Å²) in [6.07, 6.45) is 13.9. The lowest BCUT2D eigenvalue weighted by Crippen LogP contribution is -2.20. The van der Waals surface area contributed by atoms with Crippen LogP contribution in [0.25, 0.3) is 0 Å². The van der Waals surface area contributed by atoms with Gasteiger partial charge in [-0.2, -0.15) is 0 Å². The van der Waals surface area contributed by atoms with E-state index in [9.17, 15) is 0 Å². The van der Waals surface area contributed by atoms with Crippen molar-refractivity contribution in [3.63, 3.8) is 0 Å². The van der Waals surface area contributed by atoms with Crippen molar-refractivity contribution in [3.05, 3.63) is 12.2 Å². The molecule has 1 aliphatic carbocycles. The minimum absolute atomic E-state index is 0.847. The molecule has 4 atom stereocenters. The Bertz CT molecular complexity index is 265. The zero-order valence-electron chi connectivity index (χ0n) is 14.6. The first-order chi connectivity index (χ1) is 9.52. The smallest absolute Gasteiger partial charge is 0.0297 e. The summed E-state index contributed by atoms with van der Waals surface area (Å²) in [5.74, 6) is 3.72. The molecule has 4 unspecified atom stereocenters. The molecule has 1 rings (SSSR count). The molecule has 0 heterocycles. The van der Waals surface area contributed by atoms with Crippen molar-refractivity contribution in [1.82, 2.24) is 0 Å². The number of hydrogen-bond donors (Lipinski definition) is 0. The predicted molar refractivity (Wildman–Crippen MR) is 92.0 cm³/mol. The lowest BCUT2D eigenvalue weighted by molar-refractivity contribution is 0.200. The van der Waals surface area contributed by atoms with Gasteiger partial charge in [0.05, 0.1) is 0 Å². The van der Waals surface area contributed by atoms with Crippen LogP contribution in [0, 0.1) is 23.7 Å². The summed E-state index contributed by atoms with van der Waals surface area (Å²) in [4.78, 5) is 0. The second-order valence-electron chi connectivity index (χ2n) is 7.73. The molecule has 0 aromatic carbocycles. The fourth-order valence-electron chi connectivity index (χ4n) is 3.77. The Hall–Kier alpha value is -0.260. The molecule has 0 N–H and O–H groups in total. The summed E-state index contributed by atoms with van der Waals surface area (Å²) in [5, 5.41) is 0. The highest BCUT2D eigenvalue weighted by atomic mass is 14.3. The monoisotopic (exact) mass is 278 g/mol. The van der Waals surface area contributed by atoms with Gasteiger partial charge in [-0.1, -0.05) is 78.4 Å². The van der Waals surface area contributed by atoms with Gasteiger partial charge >= 0.3 is 0 Å². The van der Waals surface area contributed by atoms with Crippen LogP contribution in [0.1, 0.15) is 91.9 Å². The van der Waals surface area contributed by atoms with Gasteiger partial charge in [0.1, 0.15) is 0 Å². The van der Waals surface area contributed by atoms with E-state index in [0.717, 1.165) is 23.7 Å². The molecule has 0 saturated heterocycles. The molecule has 0 aromatic heterocycles. The third-order valence-corrected chi connectivity index (χ3v) is 5.55. The summed E-state index contributed by atoms with van der Waals surface area (Å²) >= 11 is 0. The highest BCUT2D eigenvalue weighted by molar-refractivity contribution is 4.96. The molecule has 118 valence electrons. The highest BCUT2D eigenvalue weighted by Gasteiger charge is 2.24. The first-order valence-electron chi connectivity index (χ1n) is 9.19. The van der Waals surface area contributed by atoms with Crippen LogP contribution in [0.5, 0.6) is 0 Å². The molecule has 0 nitrogen and oxygen atoms in total. The Morgan fingerprint density at radius 1 is 1.15 bits per heavy atom. The Labute approximate surface area is 128 Å². The molecule has 20 heavy (non-hydrogen) atoms. The van der Waals surface area contributed by atoms with Crippen LogP contribution in [0.4, 0.5) is 0 Å². The molecule has 1 saturated carbocycles. The van der Waals surface area contributed by atoms with Crippen molar-refractivity contribution in [2.75, 3.05) is 0 Å². The molecule has 1 aliphatic rings. The van der Waals surface area contributed by atoms with E-state index in [4.69, 9.17) is 0 Å². The maximum Gasteiger partial charge on any atom is -0.0297 e. The van der Waals surface area contributed by atoms with E-state index in [1.807, 2.05) is 0 Å². The van der Waals surface area contributed by atoms with Crippen LogP contribution >= 0.6 is 0 Å². The van der Waals surface area contributed by atoms with Crippen LogP contribution in [0.3, 0.4) is 0 Å². The summed E-state index contributed by atoms with van der Waals surface area (Å²) < 4.78 is 0. The van der Waals surface area contributed by atoms with Gasteiger partial charge in [0.15, 0.2) is 0 Å². The Kier molecular flexibility index (Phi) is 8.57. The van der Waals surface area contributed by atoms with Gasteiger partial charge in [-0.15, -0.1) is 0 Å². The van der Waals surface area contributed by atoms with Crippen molar-refractivity contribution < 1.29 is 0 Å². The van der Waals surface area contributed by atoms with Gasteiger partial charge < -0.3 is 0 Å². The lowest BCUT2D eigenvalue weighted by atomic mass is 9.74. The summed E-state index contributed by atoms with van der Waals surface area (Å²) in [7, 11) is 0. The molecular weight excluding hydrogens is 240 g/mol. The van der Waals surface area contributed by atoms with Gasteiger partial charge in [0.25, 0.3) is 0 Å². The van der Waals surface area contributed by atoms with Gasteiger partial charge in [-0.3, -0.25) is 0 Å². The zero-order chi connectivity index (χ0) is 15.0. The molecule has 0 bridgehead atoms. The number of allylic oxidation sites excluding steroid dienone is 1. The van der Waals surface area contributed by atoms with Crippen LogP contribution in [0.15, 0.2) is 12.2 Å². The Balaban J connectivity index is 2.13. The van der Waals surface area contributed by atoms with Crippen LogP contribution in [0.2, 0.25) is 0 Å². The van der Waals surface area contributed by atoms with Gasteiger partial charge in [0, 0.05) is 0 Å². The predicted octanol–water partition coefficient (Wildman–Crippen LogP) is 7.00.